The Balaban J connectivity index is 2.77. The van der Waals surface area contributed by atoms with Crippen molar-refractivity contribution in [1.82, 2.24) is 0 Å². The molecule has 112 valence electrons. The molecule has 0 aliphatic heterocycles. The highest BCUT2D eigenvalue weighted by Gasteiger charge is 2.17. The van der Waals surface area contributed by atoms with Crippen molar-refractivity contribution < 1.29 is 27.1 Å². The molecule has 0 atom stereocenters. The first-order valence-corrected chi connectivity index (χ1v) is 7.37. The van der Waals surface area contributed by atoms with Gasteiger partial charge in [0.2, 0.25) is 10.0 Å². The number of hydrogen-bond acceptors (Lipinski definition) is 5. The van der Waals surface area contributed by atoms with Crippen LogP contribution in [0.5, 0.6) is 0 Å². The first-order chi connectivity index (χ1) is 9.21. The lowest BCUT2D eigenvalue weighted by Gasteiger charge is -2.09. The van der Waals surface area contributed by atoms with E-state index in [0.717, 1.165) is 18.2 Å². The Morgan fingerprint density at radius 3 is 2.55 bits per heavy atom. The van der Waals surface area contributed by atoms with Gasteiger partial charge in [-0.2, -0.15) is 0 Å². The maximum Gasteiger partial charge on any atom is 0.341 e. The molecule has 0 aromatic heterocycles. The Morgan fingerprint density at radius 2 is 2.00 bits per heavy atom. The summed E-state index contributed by atoms with van der Waals surface area (Å²) in [7, 11) is -4.01. The van der Waals surface area contributed by atoms with Gasteiger partial charge in [-0.25, -0.2) is 22.7 Å². The maximum atomic E-state index is 13.5. The summed E-state index contributed by atoms with van der Waals surface area (Å²) in [4.78, 5) is 11.3. The minimum atomic E-state index is -4.01. The molecule has 1 aromatic carbocycles. The summed E-state index contributed by atoms with van der Waals surface area (Å²) in [6, 6.07) is 2.67. The largest absolute Gasteiger partial charge is 0.460 e. The Bertz CT molecular complexity index is 586. The number of rotatable bonds is 6. The van der Waals surface area contributed by atoms with Crippen molar-refractivity contribution in [3.63, 3.8) is 0 Å². The zero-order valence-electron chi connectivity index (χ0n) is 11.1. The molecule has 0 radical (unpaired) electrons. The van der Waals surface area contributed by atoms with E-state index in [1.807, 2.05) is 13.8 Å². The summed E-state index contributed by atoms with van der Waals surface area (Å²) < 4.78 is 45.7. The van der Waals surface area contributed by atoms with Gasteiger partial charge >= 0.3 is 5.97 Å². The molecule has 0 aliphatic rings. The minimum absolute atomic E-state index is 0.0175. The average molecular weight is 305 g/mol. The lowest BCUT2D eigenvalue weighted by Crippen LogP contribution is -2.16. The smallest absolute Gasteiger partial charge is 0.341 e. The number of primary sulfonamides is 1. The molecule has 0 saturated heterocycles. The van der Waals surface area contributed by atoms with Gasteiger partial charge in [-0.1, -0.05) is 0 Å². The number of sulfonamides is 1. The maximum absolute atomic E-state index is 13.5. The highest BCUT2D eigenvalue weighted by molar-refractivity contribution is 7.89. The van der Waals surface area contributed by atoms with Gasteiger partial charge in [-0.3, -0.25) is 0 Å². The van der Waals surface area contributed by atoms with E-state index in [1.165, 1.54) is 0 Å². The third-order valence-corrected chi connectivity index (χ3v) is 3.16. The van der Waals surface area contributed by atoms with Crippen LogP contribution in [0.4, 0.5) is 4.39 Å². The molecule has 1 aromatic rings. The second-order valence-corrected chi connectivity index (χ2v) is 5.80. The number of hydrogen-bond donors (Lipinski definition) is 1. The average Bonchev–Trinajstić information content (AvgIpc) is 2.33. The Morgan fingerprint density at radius 1 is 1.35 bits per heavy atom. The summed E-state index contributed by atoms with van der Waals surface area (Å²) in [5.41, 5.74) is -0.485. The number of halogens is 1. The van der Waals surface area contributed by atoms with Crippen LogP contribution in [0.25, 0.3) is 0 Å². The molecule has 2 N–H and O–H groups in total. The summed E-state index contributed by atoms with van der Waals surface area (Å²) in [6.45, 7) is 3.74. The molecular weight excluding hydrogens is 289 g/mol. The minimum Gasteiger partial charge on any atom is -0.460 e. The third kappa shape index (κ3) is 4.87. The molecule has 1 rings (SSSR count). The van der Waals surface area contributed by atoms with Crippen molar-refractivity contribution in [3.8, 4) is 0 Å². The molecule has 0 heterocycles. The summed E-state index contributed by atoms with van der Waals surface area (Å²) >= 11 is 0. The zero-order valence-corrected chi connectivity index (χ0v) is 11.9. The monoisotopic (exact) mass is 305 g/mol. The predicted molar refractivity (Wildman–Crippen MR) is 69.1 cm³/mol. The van der Waals surface area contributed by atoms with Gasteiger partial charge < -0.3 is 9.47 Å². The summed E-state index contributed by atoms with van der Waals surface area (Å²) in [6.07, 6.45) is -0.0175. The number of benzene rings is 1. The number of ether oxygens (including phenoxy) is 2. The quantitative estimate of drug-likeness (QED) is 0.626. The molecule has 20 heavy (non-hydrogen) atoms. The van der Waals surface area contributed by atoms with Crippen LogP contribution in [0.15, 0.2) is 23.1 Å². The predicted octanol–water partition coefficient (Wildman–Crippen LogP) is 1.05. The number of nitrogens with two attached hydrogens (primary N) is 1. The van der Waals surface area contributed by atoms with Gasteiger partial charge in [-0.05, 0) is 32.0 Å². The van der Waals surface area contributed by atoms with E-state index in [9.17, 15) is 17.6 Å². The molecule has 0 saturated carbocycles. The summed E-state index contributed by atoms with van der Waals surface area (Å²) in [5, 5.41) is 4.91. The van der Waals surface area contributed by atoms with Crippen LogP contribution in [0.1, 0.15) is 24.2 Å². The molecule has 0 amide bonds. The first kappa shape index (κ1) is 16.5. The van der Waals surface area contributed by atoms with Crippen LogP contribution in [0.3, 0.4) is 0 Å². The fourth-order valence-electron chi connectivity index (χ4n) is 1.33. The van der Waals surface area contributed by atoms with Crippen LogP contribution in [0, 0.1) is 5.82 Å². The molecule has 0 fully saturated rings. The highest BCUT2D eigenvalue weighted by atomic mass is 32.2. The van der Waals surface area contributed by atoms with E-state index in [0.29, 0.717) is 0 Å². The van der Waals surface area contributed by atoms with Crippen LogP contribution in [0.2, 0.25) is 0 Å². The Labute approximate surface area is 116 Å². The van der Waals surface area contributed by atoms with E-state index >= 15 is 0 Å². The highest BCUT2D eigenvalue weighted by Crippen LogP contribution is 2.15. The SMILES string of the molecule is CC(C)OCCOC(=O)c1cc(S(N)(=O)=O)ccc1F. The van der Waals surface area contributed by atoms with Crippen molar-refractivity contribution in [2.45, 2.75) is 24.8 Å². The molecule has 0 unspecified atom stereocenters. The van der Waals surface area contributed by atoms with Crippen molar-refractivity contribution in [1.29, 1.82) is 0 Å². The van der Waals surface area contributed by atoms with Gasteiger partial charge in [0.25, 0.3) is 0 Å². The normalized spacial score (nSPS) is 11.7. The van der Waals surface area contributed by atoms with Crippen molar-refractivity contribution in [3.05, 3.63) is 29.6 Å². The lowest BCUT2D eigenvalue weighted by molar-refractivity contribution is 0.0173. The number of carbonyl (C=O) groups excluding carboxylic acids is 1. The third-order valence-electron chi connectivity index (χ3n) is 2.25. The van der Waals surface area contributed by atoms with Crippen molar-refractivity contribution >= 4 is 16.0 Å². The van der Waals surface area contributed by atoms with Gasteiger partial charge in [0.1, 0.15) is 12.4 Å². The molecule has 0 aliphatic carbocycles. The van der Waals surface area contributed by atoms with Crippen LogP contribution >= 0.6 is 0 Å². The molecule has 8 heteroatoms. The second kappa shape index (κ2) is 6.78. The van der Waals surface area contributed by atoms with E-state index in [2.05, 4.69) is 0 Å². The topological polar surface area (TPSA) is 95.7 Å². The van der Waals surface area contributed by atoms with E-state index in [-0.39, 0.29) is 24.2 Å². The fourth-order valence-corrected chi connectivity index (χ4v) is 1.87. The Hall–Kier alpha value is -1.51. The standard InChI is InChI=1S/C12H16FNO5S/c1-8(2)18-5-6-19-12(15)10-7-9(20(14,16)17)3-4-11(10)13/h3-4,7-8H,5-6H2,1-2H3,(H2,14,16,17). The fraction of sp³-hybridized carbons (Fsp3) is 0.417. The van der Waals surface area contributed by atoms with Crippen LogP contribution in [-0.4, -0.2) is 33.7 Å². The zero-order chi connectivity index (χ0) is 15.3. The molecule has 6 nitrogen and oxygen atoms in total. The number of esters is 1. The van der Waals surface area contributed by atoms with Gasteiger partial charge in [0.05, 0.1) is 23.2 Å². The summed E-state index contributed by atoms with van der Waals surface area (Å²) in [5.74, 6) is -1.85. The Kier molecular flexibility index (Phi) is 5.61. The molecule has 0 spiro atoms. The van der Waals surface area contributed by atoms with Crippen LogP contribution < -0.4 is 5.14 Å². The van der Waals surface area contributed by atoms with E-state index < -0.39 is 27.4 Å². The van der Waals surface area contributed by atoms with Crippen LogP contribution in [-0.2, 0) is 19.5 Å². The molecule has 0 bridgehead atoms. The second-order valence-electron chi connectivity index (χ2n) is 4.24. The van der Waals surface area contributed by atoms with Crippen molar-refractivity contribution in [2.24, 2.45) is 5.14 Å². The van der Waals surface area contributed by atoms with Crippen molar-refractivity contribution in [2.75, 3.05) is 13.2 Å². The lowest BCUT2D eigenvalue weighted by atomic mass is 10.2. The first-order valence-electron chi connectivity index (χ1n) is 5.83. The van der Waals surface area contributed by atoms with Gasteiger partial charge in [0.15, 0.2) is 0 Å². The van der Waals surface area contributed by atoms with Gasteiger partial charge in [0, 0.05) is 0 Å². The molecular formula is C12H16FNO5S. The van der Waals surface area contributed by atoms with E-state index in [1.54, 1.807) is 0 Å². The van der Waals surface area contributed by atoms with E-state index in [4.69, 9.17) is 14.6 Å². The number of carbonyl (C=O) groups is 1. The van der Waals surface area contributed by atoms with Gasteiger partial charge in [-0.15, -0.1) is 0 Å².